The van der Waals surface area contributed by atoms with Gasteiger partial charge in [-0.15, -0.1) is 11.3 Å². The van der Waals surface area contributed by atoms with Crippen LogP contribution in [0.1, 0.15) is 20.8 Å². The maximum absolute atomic E-state index is 11.0. The summed E-state index contributed by atoms with van der Waals surface area (Å²) < 4.78 is 0. The highest BCUT2D eigenvalue weighted by atomic mass is 32.1. The van der Waals surface area contributed by atoms with Gasteiger partial charge in [0.1, 0.15) is 0 Å². The van der Waals surface area contributed by atoms with Crippen LogP contribution in [0.2, 0.25) is 0 Å². The first-order chi connectivity index (χ1) is 7.58. The van der Waals surface area contributed by atoms with Crippen molar-refractivity contribution in [2.75, 3.05) is 0 Å². The van der Waals surface area contributed by atoms with Crippen LogP contribution in [0.4, 0.5) is 0 Å². The Kier molecular flexibility index (Phi) is 2.79. The molecule has 1 N–H and O–H groups in total. The number of carbonyl (C=O) groups is 1. The van der Waals surface area contributed by atoms with Gasteiger partial charge in [-0.05, 0) is 48.1 Å². The maximum atomic E-state index is 11.0. The smallest absolute Gasteiger partial charge is 0.335 e. The van der Waals surface area contributed by atoms with E-state index in [1.54, 1.807) is 17.4 Å². The van der Waals surface area contributed by atoms with Crippen molar-refractivity contribution in [3.05, 3.63) is 45.6 Å². The Bertz CT molecular complexity index is 541. The van der Waals surface area contributed by atoms with Crippen LogP contribution in [0.3, 0.4) is 0 Å². The molecule has 2 nitrogen and oxygen atoms in total. The van der Waals surface area contributed by atoms with E-state index in [-0.39, 0.29) is 0 Å². The predicted octanol–water partition coefficient (Wildman–Crippen LogP) is 3.73. The summed E-state index contributed by atoms with van der Waals surface area (Å²) in [4.78, 5) is 12.2. The summed E-state index contributed by atoms with van der Waals surface area (Å²) in [5, 5.41) is 11.1. The average molecular weight is 232 g/mol. The molecular formula is C13H12O2S. The van der Waals surface area contributed by atoms with E-state index in [0.717, 1.165) is 16.7 Å². The molecule has 0 atom stereocenters. The molecule has 1 aromatic heterocycles. The second kappa shape index (κ2) is 4.10. The van der Waals surface area contributed by atoms with E-state index in [2.05, 4.69) is 6.07 Å². The molecule has 2 rings (SSSR count). The Balaban J connectivity index is 2.51. The zero-order valence-electron chi connectivity index (χ0n) is 9.15. The molecule has 3 heteroatoms. The number of aromatic carboxylic acids is 1. The highest BCUT2D eigenvalue weighted by Gasteiger charge is 2.09. The zero-order chi connectivity index (χ0) is 11.7. The number of benzene rings is 1. The zero-order valence-corrected chi connectivity index (χ0v) is 9.97. The molecule has 0 aliphatic carbocycles. The average Bonchev–Trinajstić information content (AvgIpc) is 2.65. The summed E-state index contributed by atoms with van der Waals surface area (Å²) in [5.41, 5.74) is 3.22. The first-order valence-corrected chi connectivity index (χ1v) is 5.85. The minimum atomic E-state index is -0.869. The van der Waals surface area contributed by atoms with Crippen LogP contribution in [0.5, 0.6) is 0 Å². The number of carboxylic acids is 1. The second-order valence-electron chi connectivity index (χ2n) is 3.78. The molecule has 0 saturated carbocycles. The quantitative estimate of drug-likeness (QED) is 0.856. The molecule has 0 amide bonds. The van der Waals surface area contributed by atoms with Crippen molar-refractivity contribution >= 4 is 17.3 Å². The van der Waals surface area contributed by atoms with Gasteiger partial charge >= 0.3 is 5.97 Å². The van der Waals surface area contributed by atoms with Crippen molar-refractivity contribution in [2.24, 2.45) is 0 Å². The summed E-state index contributed by atoms with van der Waals surface area (Å²) in [6.45, 7) is 3.85. The summed E-state index contributed by atoms with van der Waals surface area (Å²) in [7, 11) is 0. The van der Waals surface area contributed by atoms with Crippen LogP contribution in [0, 0.1) is 13.8 Å². The monoisotopic (exact) mass is 232 g/mol. The van der Waals surface area contributed by atoms with Crippen molar-refractivity contribution in [2.45, 2.75) is 13.8 Å². The maximum Gasteiger partial charge on any atom is 0.335 e. The Morgan fingerprint density at radius 3 is 2.50 bits per heavy atom. The van der Waals surface area contributed by atoms with Gasteiger partial charge in [0.05, 0.1) is 5.56 Å². The van der Waals surface area contributed by atoms with Crippen LogP contribution < -0.4 is 0 Å². The molecule has 0 aliphatic heterocycles. The van der Waals surface area contributed by atoms with Gasteiger partial charge in [-0.2, -0.15) is 0 Å². The van der Waals surface area contributed by atoms with Gasteiger partial charge < -0.3 is 5.11 Å². The highest BCUT2D eigenvalue weighted by molar-refractivity contribution is 7.10. The molecule has 0 fully saturated rings. The number of hydrogen-bond acceptors (Lipinski definition) is 2. The van der Waals surface area contributed by atoms with Gasteiger partial charge in [-0.1, -0.05) is 12.1 Å². The summed E-state index contributed by atoms with van der Waals surface area (Å²) in [6, 6.07) is 7.62. The topological polar surface area (TPSA) is 37.3 Å². The van der Waals surface area contributed by atoms with Crippen molar-refractivity contribution in [3.63, 3.8) is 0 Å². The lowest BCUT2D eigenvalue weighted by Gasteiger charge is -2.03. The molecule has 0 spiro atoms. The first kappa shape index (κ1) is 10.9. The molecule has 0 aliphatic rings. The fourth-order valence-electron chi connectivity index (χ4n) is 1.63. The lowest BCUT2D eigenvalue weighted by molar-refractivity contribution is 0.0696. The van der Waals surface area contributed by atoms with E-state index in [9.17, 15) is 4.79 Å². The van der Waals surface area contributed by atoms with E-state index < -0.39 is 5.97 Å². The van der Waals surface area contributed by atoms with Gasteiger partial charge in [0.15, 0.2) is 0 Å². The van der Waals surface area contributed by atoms with E-state index in [1.807, 2.05) is 31.4 Å². The normalized spacial score (nSPS) is 10.4. The van der Waals surface area contributed by atoms with Gasteiger partial charge in [0.25, 0.3) is 0 Å². The van der Waals surface area contributed by atoms with Gasteiger partial charge in [0.2, 0.25) is 0 Å². The molecule has 1 heterocycles. The van der Waals surface area contributed by atoms with Gasteiger partial charge in [0, 0.05) is 4.88 Å². The number of rotatable bonds is 2. The molecule has 82 valence electrons. The van der Waals surface area contributed by atoms with Crippen LogP contribution in [0.25, 0.3) is 11.1 Å². The van der Waals surface area contributed by atoms with Crippen molar-refractivity contribution < 1.29 is 9.90 Å². The molecule has 2 aromatic rings. The molecule has 1 aromatic carbocycles. The van der Waals surface area contributed by atoms with E-state index in [0.29, 0.717) is 5.56 Å². The van der Waals surface area contributed by atoms with E-state index in [1.165, 1.54) is 4.88 Å². The second-order valence-corrected chi connectivity index (χ2v) is 4.90. The molecule has 0 bridgehead atoms. The first-order valence-electron chi connectivity index (χ1n) is 4.97. The Hall–Kier alpha value is -1.61. The van der Waals surface area contributed by atoms with Crippen LogP contribution in [-0.2, 0) is 0 Å². The lowest BCUT2D eigenvalue weighted by Crippen LogP contribution is -1.99. The van der Waals surface area contributed by atoms with Crippen molar-refractivity contribution in [1.29, 1.82) is 0 Å². The van der Waals surface area contributed by atoms with Crippen molar-refractivity contribution in [1.82, 2.24) is 0 Å². The lowest BCUT2D eigenvalue weighted by atomic mass is 10.0. The van der Waals surface area contributed by atoms with E-state index in [4.69, 9.17) is 5.11 Å². The van der Waals surface area contributed by atoms with Crippen LogP contribution >= 0.6 is 11.3 Å². The fourth-order valence-corrected chi connectivity index (χ4v) is 2.34. The minimum absolute atomic E-state index is 0.376. The Labute approximate surface area is 98.2 Å². The number of thiophene rings is 1. The summed E-state index contributed by atoms with van der Waals surface area (Å²) in [6.07, 6.45) is 0. The van der Waals surface area contributed by atoms with Crippen LogP contribution in [0.15, 0.2) is 29.6 Å². The number of carboxylic acid groups (broad SMARTS) is 1. The van der Waals surface area contributed by atoms with Crippen LogP contribution in [-0.4, -0.2) is 11.1 Å². The van der Waals surface area contributed by atoms with Crippen molar-refractivity contribution in [3.8, 4) is 11.1 Å². The third kappa shape index (κ3) is 1.99. The Morgan fingerprint density at radius 1 is 1.19 bits per heavy atom. The number of hydrogen-bond donors (Lipinski definition) is 1. The standard InChI is InChI=1S/C13H12O2S/c1-8-3-4-10(6-12(8)13(14)15)11-5-9(2)16-7-11/h3-7H,1-2H3,(H,14,15). The molecule has 0 unspecified atom stereocenters. The van der Waals surface area contributed by atoms with Gasteiger partial charge in [-0.3, -0.25) is 0 Å². The fraction of sp³-hybridized carbons (Fsp3) is 0.154. The Morgan fingerprint density at radius 2 is 1.94 bits per heavy atom. The number of aryl methyl sites for hydroxylation is 2. The molecule has 16 heavy (non-hydrogen) atoms. The third-order valence-electron chi connectivity index (χ3n) is 2.53. The summed E-state index contributed by atoms with van der Waals surface area (Å²) in [5.74, 6) is -0.869. The summed E-state index contributed by atoms with van der Waals surface area (Å²) >= 11 is 1.67. The molecule has 0 saturated heterocycles. The highest BCUT2D eigenvalue weighted by Crippen LogP contribution is 2.26. The molecular weight excluding hydrogens is 220 g/mol. The third-order valence-corrected chi connectivity index (χ3v) is 3.39. The molecule has 0 radical (unpaired) electrons. The largest absolute Gasteiger partial charge is 0.478 e. The van der Waals surface area contributed by atoms with E-state index >= 15 is 0 Å². The SMILES string of the molecule is Cc1cc(-c2ccc(C)c(C(=O)O)c2)cs1. The predicted molar refractivity (Wildman–Crippen MR) is 66.2 cm³/mol. The van der Waals surface area contributed by atoms with Gasteiger partial charge in [-0.25, -0.2) is 4.79 Å². The minimum Gasteiger partial charge on any atom is -0.478 e.